The van der Waals surface area contributed by atoms with Crippen LogP contribution >= 0.6 is 57.3 Å². The normalized spacial score (nSPS) is 11.8. The molecule has 10 nitrogen and oxygen atoms in total. The molecule has 14 heteroatoms. The molecule has 0 bridgehead atoms. The zero-order chi connectivity index (χ0) is 32.6. The van der Waals surface area contributed by atoms with Crippen molar-refractivity contribution in [1.29, 1.82) is 10.5 Å². The number of ether oxygens (including phenoxy) is 3. The molecule has 0 aliphatic rings. The first-order chi connectivity index (χ1) is 21.5. The Morgan fingerprint density at radius 3 is 2.38 bits per heavy atom. The third-order valence-corrected chi connectivity index (χ3v) is 8.58. The highest BCUT2D eigenvalue weighted by Gasteiger charge is 2.22. The fourth-order valence-electron chi connectivity index (χ4n) is 3.91. The van der Waals surface area contributed by atoms with Crippen LogP contribution in [0.1, 0.15) is 30.7 Å². The van der Waals surface area contributed by atoms with Gasteiger partial charge in [-0.1, -0.05) is 47.6 Å². The lowest BCUT2D eigenvalue weighted by Crippen LogP contribution is -2.39. The van der Waals surface area contributed by atoms with Crippen molar-refractivity contribution < 1.29 is 19.0 Å². The van der Waals surface area contributed by atoms with Crippen molar-refractivity contribution in [3.05, 3.63) is 75.8 Å². The monoisotopic (exact) mass is 774 g/mol. The first-order valence-electron chi connectivity index (χ1n) is 13.4. The predicted octanol–water partition coefficient (Wildman–Crippen LogP) is 6.58. The van der Waals surface area contributed by atoms with Crippen molar-refractivity contribution in [3.8, 4) is 39.6 Å². The molecule has 2 aromatic carbocycles. The van der Waals surface area contributed by atoms with Crippen molar-refractivity contribution in [3.63, 3.8) is 0 Å². The molecule has 232 valence electrons. The second-order valence-electron chi connectivity index (χ2n) is 9.91. The number of hydrogen-bond donors (Lipinski definition) is 2. The standard InChI is InChI=1S/C31H28ClIN6O4S2/c1-31(2,33)43-15-25(36)30(40)42-12-11-41-22-9-5-18(6-10-22)26-23(13-34)27(37)39-29(24(26)14-35)45-17-21-16-44-28(38-21)19-3-7-20(32)8-4-19/h3-10,16,25H,11-12,15,17,36H2,1-2H3,(H2,37,39)/t25-/m0/s1. The van der Waals surface area contributed by atoms with Gasteiger partial charge >= 0.3 is 5.97 Å². The summed E-state index contributed by atoms with van der Waals surface area (Å²) < 4.78 is 15.9. The number of nitrogen functional groups attached to an aromatic ring is 1. The van der Waals surface area contributed by atoms with Crippen LogP contribution in [-0.2, 0) is 20.0 Å². The molecule has 2 heterocycles. The summed E-state index contributed by atoms with van der Waals surface area (Å²) in [5, 5.41) is 23.9. The van der Waals surface area contributed by atoms with Crippen LogP contribution in [0.3, 0.4) is 0 Å². The second-order valence-corrected chi connectivity index (χ2v) is 14.8. The van der Waals surface area contributed by atoms with E-state index in [-0.39, 0.29) is 36.8 Å². The lowest BCUT2D eigenvalue weighted by molar-refractivity contribution is -0.147. The van der Waals surface area contributed by atoms with Crippen molar-refractivity contribution >= 4 is 69.1 Å². The van der Waals surface area contributed by atoms with Crippen molar-refractivity contribution in [1.82, 2.24) is 9.97 Å². The molecule has 45 heavy (non-hydrogen) atoms. The van der Waals surface area contributed by atoms with Gasteiger partial charge in [-0.15, -0.1) is 11.3 Å². The maximum atomic E-state index is 12.1. The van der Waals surface area contributed by atoms with Crippen molar-refractivity contribution in [2.45, 2.75) is 34.3 Å². The molecule has 0 saturated heterocycles. The van der Waals surface area contributed by atoms with E-state index in [1.165, 1.54) is 23.1 Å². The Hall–Kier alpha value is -3.44. The zero-order valence-electron chi connectivity index (χ0n) is 24.3. The molecule has 4 rings (SSSR count). The van der Waals surface area contributed by atoms with Crippen LogP contribution in [-0.4, -0.2) is 45.4 Å². The molecule has 0 unspecified atom stereocenters. The number of halogens is 2. The van der Waals surface area contributed by atoms with Gasteiger partial charge in [-0.25, -0.2) is 9.97 Å². The maximum Gasteiger partial charge on any atom is 0.325 e. The molecule has 0 amide bonds. The minimum Gasteiger partial charge on any atom is -0.490 e. The zero-order valence-corrected chi connectivity index (χ0v) is 28.8. The molecule has 4 N–H and O–H groups in total. The number of thiazole rings is 1. The smallest absolute Gasteiger partial charge is 0.325 e. The summed E-state index contributed by atoms with van der Waals surface area (Å²) in [7, 11) is 0. The van der Waals surface area contributed by atoms with E-state index in [1.807, 2.05) is 43.5 Å². The molecule has 1 atom stereocenters. The van der Waals surface area contributed by atoms with Crippen molar-refractivity contribution in [2.75, 3.05) is 25.6 Å². The maximum absolute atomic E-state index is 12.1. The minimum absolute atomic E-state index is 0.000719. The third-order valence-electron chi connectivity index (χ3n) is 6.06. The van der Waals surface area contributed by atoms with E-state index in [0.717, 1.165) is 16.3 Å². The highest BCUT2D eigenvalue weighted by Crippen LogP contribution is 2.37. The van der Waals surface area contributed by atoms with E-state index in [0.29, 0.717) is 32.7 Å². The van der Waals surface area contributed by atoms with E-state index in [9.17, 15) is 15.3 Å². The summed E-state index contributed by atoms with van der Waals surface area (Å²) in [6.45, 7) is 3.86. The van der Waals surface area contributed by atoms with Gasteiger partial charge in [-0.05, 0) is 66.3 Å². The molecule has 2 aromatic heterocycles. The number of aromatic nitrogens is 2. The molecule has 0 aliphatic heterocycles. The Balaban J connectivity index is 1.42. The third kappa shape index (κ3) is 9.53. The number of pyridine rings is 1. The van der Waals surface area contributed by atoms with E-state index in [1.54, 1.807) is 24.3 Å². The van der Waals surface area contributed by atoms with Gasteiger partial charge in [0.2, 0.25) is 0 Å². The Bertz CT molecular complexity index is 1730. The number of nitrogens with two attached hydrogens (primary N) is 2. The average Bonchev–Trinajstić information content (AvgIpc) is 3.49. The Morgan fingerprint density at radius 2 is 1.73 bits per heavy atom. The molecular formula is C31H28ClIN6O4S2. The highest BCUT2D eigenvalue weighted by atomic mass is 127. The molecule has 4 aromatic rings. The van der Waals surface area contributed by atoms with Crippen LogP contribution in [0.4, 0.5) is 5.82 Å². The Kier molecular flexibility index (Phi) is 12.0. The summed E-state index contributed by atoms with van der Waals surface area (Å²) in [5.41, 5.74) is 15.1. The van der Waals surface area contributed by atoms with Crippen LogP contribution in [0.25, 0.3) is 21.7 Å². The number of thioether (sulfide) groups is 1. The Morgan fingerprint density at radius 1 is 1.07 bits per heavy atom. The second kappa shape index (κ2) is 15.7. The van der Waals surface area contributed by atoms with Gasteiger partial charge in [0.25, 0.3) is 0 Å². The molecule has 0 aliphatic carbocycles. The number of esters is 1. The first-order valence-corrected chi connectivity index (χ1v) is 16.8. The van der Waals surface area contributed by atoms with Gasteiger partial charge in [0.05, 0.1) is 17.9 Å². The number of hydrogen-bond acceptors (Lipinski definition) is 12. The van der Waals surface area contributed by atoms with Crippen LogP contribution in [0, 0.1) is 22.7 Å². The van der Waals surface area contributed by atoms with Crippen LogP contribution in [0.5, 0.6) is 5.75 Å². The van der Waals surface area contributed by atoms with E-state index in [4.69, 9.17) is 42.3 Å². The van der Waals surface area contributed by atoms with E-state index in [2.05, 4.69) is 39.7 Å². The van der Waals surface area contributed by atoms with E-state index < -0.39 is 15.6 Å². The molecule has 0 fully saturated rings. The summed E-state index contributed by atoms with van der Waals surface area (Å²) in [6.07, 6.45) is 0. The van der Waals surface area contributed by atoms with Crippen molar-refractivity contribution in [2.24, 2.45) is 5.73 Å². The number of nitriles is 2. The molecule has 0 radical (unpaired) electrons. The summed E-state index contributed by atoms with van der Waals surface area (Å²) in [5.74, 6) is 0.398. The number of nitrogens with zero attached hydrogens (tertiary/aromatic N) is 4. The van der Waals surface area contributed by atoms with Gasteiger partial charge in [-0.3, -0.25) is 4.79 Å². The van der Waals surface area contributed by atoms with Gasteiger partial charge in [0.1, 0.15) is 62.2 Å². The number of rotatable bonds is 13. The average molecular weight is 775 g/mol. The number of carbonyl (C=O) groups excluding carboxylic acids is 1. The Labute approximate surface area is 287 Å². The van der Waals surface area contributed by atoms with Gasteiger partial charge in [-0.2, -0.15) is 10.5 Å². The van der Waals surface area contributed by atoms with Gasteiger partial charge < -0.3 is 25.7 Å². The van der Waals surface area contributed by atoms with Crippen LogP contribution in [0.15, 0.2) is 58.9 Å². The van der Waals surface area contributed by atoms with Gasteiger partial charge in [0.15, 0.2) is 0 Å². The minimum atomic E-state index is -0.897. The topological polar surface area (TPSA) is 170 Å². The summed E-state index contributed by atoms with van der Waals surface area (Å²) in [6, 6.07) is 17.7. The molecule has 0 saturated carbocycles. The van der Waals surface area contributed by atoms with Crippen LogP contribution in [0.2, 0.25) is 5.02 Å². The fourth-order valence-corrected chi connectivity index (χ4v) is 6.04. The number of benzene rings is 2. The fraction of sp³-hybridized carbons (Fsp3) is 0.258. The lowest BCUT2D eigenvalue weighted by atomic mass is 9.97. The molecule has 0 spiro atoms. The molecular weight excluding hydrogens is 747 g/mol. The quantitative estimate of drug-likeness (QED) is 0.0495. The van der Waals surface area contributed by atoms with Gasteiger partial charge in [0, 0.05) is 27.3 Å². The van der Waals surface area contributed by atoms with Crippen LogP contribution < -0.4 is 16.2 Å². The lowest BCUT2D eigenvalue weighted by Gasteiger charge is -2.20. The number of alkyl halides is 1. The van der Waals surface area contributed by atoms with E-state index >= 15 is 0 Å². The SMILES string of the molecule is CC(C)(I)OC[C@H](N)C(=O)OCCOc1ccc(-c2c(C#N)c(N)nc(SCc3csc(-c4ccc(Cl)cc4)n3)c2C#N)cc1. The largest absolute Gasteiger partial charge is 0.490 e. The highest BCUT2D eigenvalue weighted by molar-refractivity contribution is 14.1. The number of anilines is 1. The summed E-state index contributed by atoms with van der Waals surface area (Å²) in [4.78, 5) is 21.2. The first kappa shape index (κ1) is 34.4. The predicted molar refractivity (Wildman–Crippen MR) is 184 cm³/mol. The summed E-state index contributed by atoms with van der Waals surface area (Å²) >= 11 is 10.9. The number of carbonyl (C=O) groups is 1.